The molecule has 0 radical (unpaired) electrons. The Labute approximate surface area is 283 Å². The Morgan fingerprint density at radius 3 is 1.68 bits per heavy atom. The molecule has 0 aliphatic rings. The first-order valence-electron chi connectivity index (χ1n) is 16.7. The third-order valence-electron chi connectivity index (χ3n) is 6.14. The number of allylic oxidation sites excluding steroid dienone is 18. The quantitative estimate of drug-likeness (QED) is 0.0277. The van der Waals surface area contributed by atoms with Crippen LogP contribution >= 0.6 is 7.82 Å². The summed E-state index contributed by atoms with van der Waals surface area (Å²) in [6, 6.07) is 0. The molecule has 0 rings (SSSR count). The Bertz CT molecular complexity index is 1120. The van der Waals surface area contributed by atoms with Crippen molar-refractivity contribution in [3.05, 3.63) is 109 Å². The molecule has 0 amide bonds. The standard InChI is InChI=1S/C38H57O8P/c1-3-5-7-9-11-13-15-17-18-19-21-22-24-26-28-30-32-37(39)44-34-36(35-45-47(41,42)43)46-38(40)33-31-29-27-25-23-20-16-14-12-10-8-6-4-2/h5-8,10-14,16-18,20-23,26,28,36H,3-4,9,15,19,24-25,27,29-35H2,1-2H3,(H2,41,42,43)/b7-5+,8-6+,12-10+,13-11+,16-14+,18-17+,22-21+,23-20+,28-26+. The summed E-state index contributed by atoms with van der Waals surface area (Å²) in [5, 5.41) is 0. The van der Waals surface area contributed by atoms with E-state index in [1.54, 1.807) is 0 Å². The van der Waals surface area contributed by atoms with Crippen LogP contribution in [0.3, 0.4) is 0 Å². The molecule has 47 heavy (non-hydrogen) atoms. The summed E-state index contributed by atoms with van der Waals surface area (Å²) in [6.07, 6.45) is 45.4. The van der Waals surface area contributed by atoms with Gasteiger partial charge in [-0.15, -0.1) is 0 Å². The lowest BCUT2D eigenvalue weighted by molar-refractivity contribution is -0.161. The number of hydrogen-bond acceptors (Lipinski definition) is 6. The zero-order valence-electron chi connectivity index (χ0n) is 28.4. The minimum Gasteiger partial charge on any atom is -0.462 e. The second-order valence-electron chi connectivity index (χ2n) is 10.5. The van der Waals surface area contributed by atoms with Crippen molar-refractivity contribution in [3.8, 4) is 0 Å². The summed E-state index contributed by atoms with van der Waals surface area (Å²) in [6.45, 7) is 3.28. The summed E-state index contributed by atoms with van der Waals surface area (Å²) in [5.74, 6) is -1.04. The fourth-order valence-corrected chi connectivity index (χ4v) is 4.08. The molecule has 262 valence electrons. The van der Waals surface area contributed by atoms with Gasteiger partial charge in [0.1, 0.15) is 6.61 Å². The zero-order chi connectivity index (χ0) is 34.7. The number of unbranched alkanes of at least 4 members (excludes halogenated alkanes) is 3. The van der Waals surface area contributed by atoms with Crippen molar-refractivity contribution in [1.82, 2.24) is 0 Å². The first kappa shape index (κ1) is 43.7. The minimum absolute atomic E-state index is 0.127. The number of carbonyl (C=O) groups excluding carboxylic acids is 2. The van der Waals surface area contributed by atoms with Crippen LogP contribution in [-0.2, 0) is 28.2 Å². The van der Waals surface area contributed by atoms with E-state index in [-0.39, 0.29) is 19.4 Å². The van der Waals surface area contributed by atoms with Crippen LogP contribution in [0.15, 0.2) is 109 Å². The van der Waals surface area contributed by atoms with E-state index in [0.717, 1.165) is 57.8 Å². The molecule has 9 heteroatoms. The lowest BCUT2D eigenvalue weighted by Crippen LogP contribution is -2.29. The number of ether oxygens (including phenoxy) is 2. The van der Waals surface area contributed by atoms with Crippen LogP contribution in [-0.4, -0.2) is 41.0 Å². The zero-order valence-corrected chi connectivity index (χ0v) is 29.3. The van der Waals surface area contributed by atoms with Gasteiger partial charge in [0.15, 0.2) is 6.10 Å². The monoisotopic (exact) mass is 672 g/mol. The predicted octanol–water partition coefficient (Wildman–Crippen LogP) is 9.67. The maximum absolute atomic E-state index is 12.3. The molecule has 8 nitrogen and oxygen atoms in total. The highest BCUT2D eigenvalue weighted by Gasteiger charge is 2.22. The minimum atomic E-state index is -4.78. The van der Waals surface area contributed by atoms with E-state index in [9.17, 15) is 14.2 Å². The highest BCUT2D eigenvalue weighted by Crippen LogP contribution is 2.35. The number of carbonyl (C=O) groups is 2. The molecule has 0 aromatic heterocycles. The van der Waals surface area contributed by atoms with Crippen LogP contribution in [0.2, 0.25) is 0 Å². The van der Waals surface area contributed by atoms with Gasteiger partial charge in [-0.25, -0.2) is 4.57 Å². The van der Waals surface area contributed by atoms with Gasteiger partial charge >= 0.3 is 19.8 Å². The van der Waals surface area contributed by atoms with Crippen molar-refractivity contribution in [2.45, 2.75) is 103 Å². The Morgan fingerprint density at radius 1 is 0.574 bits per heavy atom. The van der Waals surface area contributed by atoms with Gasteiger partial charge in [-0.05, 0) is 64.2 Å². The molecule has 0 heterocycles. The Morgan fingerprint density at radius 2 is 1.11 bits per heavy atom. The van der Waals surface area contributed by atoms with E-state index in [0.29, 0.717) is 12.8 Å². The molecule has 1 unspecified atom stereocenters. The molecular formula is C38H57O8P. The number of phosphoric acid groups is 1. The van der Waals surface area contributed by atoms with Gasteiger partial charge in [0.05, 0.1) is 6.61 Å². The molecule has 0 aromatic carbocycles. The summed E-state index contributed by atoms with van der Waals surface area (Å²) in [5.41, 5.74) is 0. The average Bonchev–Trinajstić information content (AvgIpc) is 3.03. The molecule has 0 aliphatic carbocycles. The fraction of sp³-hybridized carbons (Fsp3) is 0.474. The third-order valence-corrected chi connectivity index (χ3v) is 6.63. The maximum atomic E-state index is 12.3. The molecule has 0 fully saturated rings. The summed E-state index contributed by atoms with van der Waals surface area (Å²) < 4.78 is 26.1. The van der Waals surface area contributed by atoms with Gasteiger partial charge in [0, 0.05) is 12.8 Å². The molecule has 0 saturated carbocycles. The Balaban J connectivity index is 4.25. The van der Waals surface area contributed by atoms with E-state index >= 15 is 0 Å². The van der Waals surface area contributed by atoms with Gasteiger partial charge < -0.3 is 19.3 Å². The van der Waals surface area contributed by atoms with Crippen molar-refractivity contribution in [2.75, 3.05) is 13.2 Å². The van der Waals surface area contributed by atoms with Crippen molar-refractivity contribution < 1.29 is 37.9 Å². The van der Waals surface area contributed by atoms with Gasteiger partial charge in [-0.3, -0.25) is 14.1 Å². The second kappa shape index (κ2) is 32.6. The number of phosphoric ester groups is 1. The Kier molecular flexibility index (Phi) is 30.4. The largest absolute Gasteiger partial charge is 0.469 e. The molecule has 1 atom stereocenters. The average molecular weight is 673 g/mol. The topological polar surface area (TPSA) is 119 Å². The van der Waals surface area contributed by atoms with Crippen LogP contribution in [0.4, 0.5) is 0 Å². The van der Waals surface area contributed by atoms with Crippen LogP contribution in [0.5, 0.6) is 0 Å². The molecule has 0 bridgehead atoms. The highest BCUT2D eigenvalue weighted by atomic mass is 31.2. The van der Waals surface area contributed by atoms with Crippen molar-refractivity contribution in [1.29, 1.82) is 0 Å². The fourth-order valence-electron chi connectivity index (χ4n) is 3.72. The third kappa shape index (κ3) is 35.4. The second-order valence-corrected chi connectivity index (χ2v) is 11.7. The van der Waals surface area contributed by atoms with Crippen molar-refractivity contribution >= 4 is 19.8 Å². The SMILES string of the molecule is CC/C=C/C=C/C=C/C=C/CCCCCC(=O)OC(COC(=O)CC/C=C/C/C=C/C/C=C/C/C=C/C/C=C/CC)COP(=O)(O)O. The molecular weight excluding hydrogens is 615 g/mol. The van der Waals surface area contributed by atoms with E-state index in [1.807, 2.05) is 48.6 Å². The van der Waals surface area contributed by atoms with E-state index in [4.69, 9.17) is 19.3 Å². The van der Waals surface area contributed by atoms with Gasteiger partial charge in [-0.1, -0.05) is 130 Å². The van der Waals surface area contributed by atoms with Crippen LogP contribution in [0, 0.1) is 0 Å². The summed E-state index contributed by atoms with van der Waals surface area (Å²) >= 11 is 0. The smallest absolute Gasteiger partial charge is 0.462 e. The van der Waals surface area contributed by atoms with Crippen molar-refractivity contribution in [2.24, 2.45) is 0 Å². The summed E-state index contributed by atoms with van der Waals surface area (Å²) in [7, 11) is -4.78. The lowest BCUT2D eigenvalue weighted by atomic mass is 10.1. The van der Waals surface area contributed by atoms with Gasteiger partial charge in [0.2, 0.25) is 0 Å². The normalized spacial score (nSPS) is 13.9. The van der Waals surface area contributed by atoms with Crippen LogP contribution < -0.4 is 0 Å². The number of esters is 2. The van der Waals surface area contributed by atoms with E-state index in [1.165, 1.54) is 0 Å². The van der Waals surface area contributed by atoms with Crippen molar-refractivity contribution in [3.63, 3.8) is 0 Å². The van der Waals surface area contributed by atoms with Gasteiger partial charge in [-0.2, -0.15) is 0 Å². The maximum Gasteiger partial charge on any atom is 0.469 e. The molecule has 0 aliphatic heterocycles. The predicted molar refractivity (Wildman–Crippen MR) is 192 cm³/mol. The number of hydrogen-bond donors (Lipinski definition) is 2. The first-order valence-corrected chi connectivity index (χ1v) is 18.3. The van der Waals surface area contributed by atoms with Crippen LogP contribution in [0.1, 0.15) is 97.3 Å². The molecule has 0 spiro atoms. The summed E-state index contributed by atoms with van der Waals surface area (Å²) in [4.78, 5) is 42.5. The highest BCUT2D eigenvalue weighted by molar-refractivity contribution is 7.46. The first-order chi connectivity index (χ1) is 22.8. The number of rotatable bonds is 28. The van der Waals surface area contributed by atoms with E-state index in [2.05, 4.69) is 79.1 Å². The lowest BCUT2D eigenvalue weighted by Gasteiger charge is -2.18. The molecule has 2 N–H and O–H groups in total. The molecule has 0 saturated heterocycles. The van der Waals surface area contributed by atoms with E-state index < -0.39 is 32.5 Å². The van der Waals surface area contributed by atoms with Crippen LogP contribution in [0.25, 0.3) is 0 Å². The van der Waals surface area contributed by atoms with Gasteiger partial charge in [0.25, 0.3) is 0 Å². The Hall–Kier alpha value is -3.29. The molecule has 0 aromatic rings.